The highest BCUT2D eigenvalue weighted by Gasteiger charge is 2.22. The lowest BCUT2D eigenvalue weighted by Crippen LogP contribution is -2.41. The molecule has 0 aromatic heterocycles. The maximum absolute atomic E-state index is 3.92. The summed E-state index contributed by atoms with van der Waals surface area (Å²) in [4.78, 5) is 2.48. The molecule has 1 aliphatic carbocycles. The van der Waals surface area contributed by atoms with Crippen LogP contribution in [-0.4, -0.2) is 37.1 Å². The summed E-state index contributed by atoms with van der Waals surface area (Å²) >= 11 is 0. The number of hydrogen-bond donors (Lipinski definition) is 1. The zero-order valence-corrected chi connectivity index (χ0v) is 11.0. The van der Waals surface area contributed by atoms with Crippen LogP contribution in [0.5, 0.6) is 0 Å². The van der Waals surface area contributed by atoms with Gasteiger partial charge in [-0.2, -0.15) is 0 Å². The van der Waals surface area contributed by atoms with E-state index in [0.29, 0.717) is 0 Å². The van der Waals surface area contributed by atoms with Gasteiger partial charge < -0.3 is 10.2 Å². The second kappa shape index (κ2) is 6.02. The van der Waals surface area contributed by atoms with Crippen molar-refractivity contribution in [1.29, 1.82) is 0 Å². The number of rotatable bonds is 2. The summed E-state index contributed by atoms with van der Waals surface area (Å²) in [7, 11) is 2.26. The van der Waals surface area contributed by atoms with Crippen LogP contribution >= 0.6 is 0 Å². The maximum Gasteiger partial charge on any atom is 0.00823 e. The highest BCUT2D eigenvalue weighted by Crippen LogP contribution is 2.24. The van der Waals surface area contributed by atoms with Gasteiger partial charge in [-0.3, -0.25) is 0 Å². The molecule has 0 radical (unpaired) electrons. The molecule has 1 aliphatic heterocycles. The lowest BCUT2D eigenvalue weighted by atomic mass is 9.86. The third-order valence-corrected chi connectivity index (χ3v) is 4.36. The fraction of sp³-hybridized carbons (Fsp3) is 1.00. The summed E-state index contributed by atoms with van der Waals surface area (Å²) in [5.41, 5.74) is 0. The molecule has 0 aromatic carbocycles. The predicted octanol–water partition coefficient (Wildman–Crippen LogP) is 2.64. The molecule has 3 atom stereocenters. The van der Waals surface area contributed by atoms with Crippen LogP contribution in [-0.2, 0) is 0 Å². The molecule has 1 saturated carbocycles. The Morgan fingerprint density at radius 1 is 0.938 bits per heavy atom. The van der Waals surface area contributed by atoms with Crippen LogP contribution in [0.2, 0.25) is 0 Å². The monoisotopic (exact) mass is 224 g/mol. The molecular weight excluding hydrogens is 196 g/mol. The van der Waals surface area contributed by atoms with Crippen molar-refractivity contribution in [3.8, 4) is 0 Å². The van der Waals surface area contributed by atoms with Gasteiger partial charge in [0.2, 0.25) is 0 Å². The fourth-order valence-corrected chi connectivity index (χ4v) is 3.33. The van der Waals surface area contributed by atoms with Gasteiger partial charge in [0.05, 0.1) is 0 Å². The van der Waals surface area contributed by atoms with Crippen molar-refractivity contribution in [2.24, 2.45) is 5.92 Å². The average molecular weight is 224 g/mol. The largest absolute Gasteiger partial charge is 0.311 e. The van der Waals surface area contributed by atoms with E-state index in [-0.39, 0.29) is 0 Å². The number of hydrogen-bond acceptors (Lipinski definition) is 2. The summed E-state index contributed by atoms with van der Waals surface area (Å²) in [6.45, 7) is 4.98. The van der Waals surface area contributed by atoms with Gasteiger partial charge in [0.15, 0.2) is 0 Å². The predicted molar refractivity (Wildman–Crippen MR) is 69.7 cm³/mol. The number of nitrogens with zero attached hydrogens (tertiary/aromatic N) is 1. The Balaban J connectivity index is 1.75. The van der Waals surface area contributed by atoms with Crippen molar-refractivity contribution in [2.45, 2.75) is 64.0 Å². The minimum absolute atomic E-state index is 0.792. The molecule has 2 heteroatoms. The van der Waals surface area contributed by atoms with Crippen LogP contribution in [0, 0.1) is 5.92 Å². The van der Waals surface area contributed by atoms with Crippen molar-refractivity contribution >= 4 is 0 Å². The lowest BCUT2D eigenvalue weighted by Gasteiger charge is -2.31. The summed E-state index contributed by atoms with van der Waals surface area (Å²) in [6, 6.07) is 1.61. The van der Waals surface area contributed by atoms with Crippen LogP contribution in [0.3, 0.4) is 0 Å². The third-order valence-electron chi connectivity index (χ3n) is 4.36. The van der Waals surface area contributed by atoms with Gasteiger partial charge in [-0.25, -0.2) is 0 Å². The van der Waals surface area contributed by atoms with E-state index in [1.165, 1.54) is 58.0 Å². The maximum atomic E-state index is 3.92. The molecule has 0 spiro atoms. The first-order chi connectivity index (χ1) is 7.74. The van der Waals surface area contributed by atoms with Crippen molar-refractivity contribution in [3.63, 3.8) is 0 Å². The van der Waals surface area contributed by atoms with E-state index in [2.05, 4.69) is 24.2 Å². The third kappa shape index (κ3) is 3.74. The summed E-state index contributed by atoms with van der Waals surface area (Å²) in [6.07, 6.45) is 9.81. The topological polar surface area (TPSA) is 15.3 Å². The summed E-state index contributed by atoms with van der Waals surface area (Å²) in [5, 5.41) is 3.92. The quantitative estimate of drug-likeness (QED) is 0.776. The van der Waals surface area contributed by atoms with Crippen molar-refractivity contribution < 1.29 is 0 Å². The molecule has 2 fully saturated rings. The normalized spacial score (nSPS) is 38.2. The van der Waals surface area contributed by atoms with Gasteiger partial charge in [-0.05, 0) is 58.2 Å². The van der Waals surface area contributed by atoms with Crippen LogP contribution in [0.1, 0.15) is 51.9 Å². The smallest absolute Gasteiger partial charge is 0.00823 e. The van der Waals surface area contributed by atoms with Crippen molar-refractivity contribution in [1.82, 2.24) is 10.2 Å². The molecular formula is C14H28N2. The first kappa shape index (κ1) is 12.4. The molecule has 0 bridgehead atoms. The zero-order valence-electron chi connectivity index (χ0n) is 11.0. The van der Waals surface area contributed by atoms with E-state index in [1.807, 2.05) is 0 Å². The van der Waals surface area contributed by atoms with Crippen molar-refractivity contribution in [2.75, 3.05) is 20.1 Å². The van der Waals surface area contributed by atoms with Gasteiger partial charge in [-0.1, -0.05) is 19.8 Å². The fourth-order valence-electron chi connectivity index (χ4n) is 3.33. The Labute approximate surface area is 101 Å². The Morgan fingerprint density at radius 3 is 2.56 bits per heavy atom. The van der Waals surface area contributed by atoms with Gasteiger partial charge >= 0.3 is 0 Å². The van der Waals surface area contributed by atoms with Gasteiger partial charge in [0, 0.05) is 12.1 Å². The molecule has 3 unspecified atom stereocenters. The Kier molecular flexibility index (Phi) is 4.66. The Bertz CT molecular complexity index is 205. The van der Waals surface area contributed by atoms with Crippen LogP contribution in [0.25, 0.3) is 0 Å². The first-order valence-electron chi connectivity index (χ1n) is 7.18. The van der Waals surface area contributed by atoms with Crippen LogP contribution in [0.15, 0.2) is 0 Å². The average Bonchev–Trinajstić information content (AvgIpc) is 2.44. The minimum atomic E-state index is 0.792. The van der Waals surface area contributed by atoms with Crippen LogP contribution < -0.4 is 5.32 Å². The Morgan fingerprint density at radius 2 is 1.75 bits per heavy atom. The molecule has 2 nitrogen and oxygen atoms in total. The molecule has 0 amide bonds. The standard InChI is InChI=1S/C14H28N2/c1-12-5-3-6-14(11-12)15-13-7-4-9-16(2)10-8-13/h12-15H,3-11H2,1-2H3. The molecule has 2 aliphatic rings. The van der Waals surface area contributed by atoms with Gasteiger partial charge in [0.25, 0.3) is 0 Å². The molecule has 2 rings (SSSR count). The molecule has 1 N–H and O–H groups in total. The van der Waals surface area contributed by atoms with E-state index >= 15 is 0 Å². The molecule has 16 heavy (non-hydrogen) atoms. The SMILES string of the molecule is CC1CCCC(NC2CCCN(C)CC2)C1. The Hall–Kier alpha value is -0.0800. The van der Waals surface area contributed by atoms with Gasteiger partial charge in [0.1, 0.15) is 0 Å². The van der Waals surface area contributed by atoms with E-state index in [9.17, 15) is 0 Å². The van der Waals surface area contributed by atoms with E-state index in [0.717, 1.165) is 18.0 Å². The molecule has 94 valence electrons. The second-order valence-electron chi connectivity index (χ2n) is 6.07. The first-order valence-corrected chi connectivity index (χ1v) is 7.18. The van der Waals surface area contributed by atoms with E-state index in [1.54, 1.807) is 0 Å². The van der Waals surface area contributed by atoms with E-state index < -0.39 is 0 Å². The minimum Gasteiger partial charge on any atom is -0.311 e. The summed E-state index contributed by atoms with van der Waals surface area (Å²) < 4.78 is 0. The molecule has 0 aromatic rings. The van der Waals surface area contributed by atoms with Gasteiger partial charge in [-0.15, -0.1) is 0 Å². The number of nitrogens with one attached hydrogen (secondary N) is 1. The van der Waals surface area contributed by atoms with E-state index in [4.69, 9.17) is 0 Å². The molecule has 1 saturated heterocycles. The summed E-state index contributed by atoms with van der Waals surface area (Å²) in [5.74, 6) is 0.944. The van der Waals surface area contributed by atoms with Crippen molar-refractivity contribution in [3.05, 3.63) is 0 Å². The number of likely N-dealkylation sites (tertiary alicyclic amines) is 1. The highest BCUT2D eigenvalue weighted by molar-refractivity contribution is 4.81. The zero-order chi connectivity index (χ0) is 11.4. The lowest BCUT2D eigenvalue weighted by molar-refractivity contribution is 0.269. The molecule has 1 heterocycles. The van der Waals surface area contributed by atoms with Crippen LogP contribution in [0.4, 0.5) is 0 Å². The second-order valence-corrected chi connectivity index (χ2v) is 6.07. The highest BCUT2D eigenvalue weighted by atomic mass is 15.1.